The van der Waals surface area contributed by atoms with Gasteiger partial charge in [-0.05, 0) is 13.3 Å². The van der Waals surface area contributed by atoms with Gasteiger partial charge in [-0.2, -0.15) is 0 Å². The largest absolute Gasteiger partial charge is 0.477 e. The van der Waals surface area contributed by atoms with E-state index in [1.54, 1.807) is 14.0 Å². The number of hydrogen-bond acceptors (Lipinski definition) is 5. The highest BCUT2D eigenvalue weighted by molar-refractivity contribution is 6.36. The summed E-state index contributed by atoms with van der Waals surface area (Å²) >= 11 is 0. The molecule has 2 aliphatic rings. The molecule has 2 rings (SSSR count). The van der Waals surface area contributed by atoms with Crippen LogP contribution in [0.5, 0.6) is 0 Å². The zero-order valence-electron chi connectivity index (χ0n) is 11.4. The zero-order valence-corrected chi connectivity index (χ0v) is 11.4. The van der Waals surface area contributed by atoms with Gasteiger partial charge in [-0.25, -0.2) is 4.79 Å². The third-order valence-corrected chi connectivity index (χ3v) is 3.75. The lowest BCUT2D eigenvalue weighted by Gasteiger charge is -2.23. The number of likely N-dealkylation sites (tertiary alicyclic amines) is 1. The normalized spacial score (nSPS) is 28.8. The number of oxime groups is 1. The van der Waals surface area contributed by atoms with Gasteiger partial charge in [-0.15, -0.1) is 0 Å². The predicted octanol–water partition coefficient (Wildman–Crippen LogP) is -0.799. The third-order valence-electron chi connectivity index (χ3n) is 3.75. The van der Waals surface area contributed by atoms with Crippen LogP contribution in [-0.2, 0) is 19.2 Å². The molecule has 1 saturated heterocycles. The summed E-state index contributed by atoms with van der Waals surface area (Å²) in [6, 6.07) is 0. The van der Waals surface area contributed by atoms with Gasteiger partial charge in [0.1, 0.15) is 0 Å². The fourth-order valence-electron chi connectivity index (χ4n) is 2.48. The summed E-state index contributed by atoms with van der Waals surface area (Å²) in [5.41, 5.74) is -0.768. The fourth-order valence-corrected chi connectivity index (χ4v) is 2.48. The van der Waals surface area contributed by atoms with Gasteiger partial charge >= 0.3 is 5.97 Å². The highest BCUT2D eigenvalue weighted by atomic mass is 16.6. The van der Waals surface area contributed by atoms with Crippen LogP contribution in [0.3, 0.4) is 0 Å². The molecule has 0 saturated carbocycles. The van der Waals surface area contributed by atoms with E-state index in [2.05, 4.69) is 10.5 Å². The topological polar surface area (TPSA) is 108 Å². The first-order chi connectivity index (χ1) is 9.37. The molecule has 8 heteroatoms. The maximum atomic E-state index is 12.2. The number of carbonyl (C=O) groups is 3. The van der Waals surface area contributed by atoms with Crippen molar-refractivity contribution in [1.29, 1.82) is 0 Å². The summed E-state index contributed by atoms with van der Waals surface area (Å²) in [5.74, 6) is -1.61. The predicted molar refractivity (Wildman–Crippen MR) is 67.9 cm³/mol. The molecule has 2 aliphatic heterocycles. The second kappa shape index (κ2) is 5.10. The maximum Gasteiger partial charge on any atom is 0.353 e. The number of nitrogens with one attached hydrogen (secondary N) is 1. The molecule has 2 unspecified atom stereocenters. The number of aliphatic carboxylic acids is 1. The second-order valence-corrected chi connectivity index (χ2v) is 5.29. The zero-order chi connectivity index (χ0) is 14.9. The first-order valence-electron chi connectivity index (χ1n) is 6.34. The maximum absolute atomic E-state index is 12.2. The molecule has 2 atom stereocenters. The van der Waals surface area contributed by atoms with Crippen molar-refractivity contribution in [1.82, 2.24) is 10.2 Å². The van der Waals surface area contributed by atoms with Gasteiger partial charge in [0.05, 0.1) is 5.41 Å². The Labute approximate surface area is 115 Å². The molecule has 0 spiro atoms. The summed E-state index contributed by atoms with van der Waals surface area (Å²) in [6.07, 6.45) is -0.368. The van der Waals surface area contributed by atoms with Gasteiger partial charge in [0, 0.05) is 26.6 Å². The molecule has 0 aromatic rings. The van der Waals surface area contributed by atoms with E-state index < -0.39 is 17.5 Å². The third kappa shape index (κ3) is 2.45. The molecule has 0 aromatic heterocycles. The number of hydrogen-bond donors (Lipinski definition) is 2. The Bertz CT molecular complexity index is 489. The van der Waals surface area contributed by atoms with Gasteiger partial charge in [0.25, 0.3) is 5.91 Å². The molecule has 0 radical (unpaired) electrons. The van der Waals surface area contributed by atoms with Crippen molar-refractivity contribution in [2.75, 3.05) is 20.1 Å². The lowest BCUT2D eigenvalue weighted by Crippen LogP contribution is -2.43. The molecule has 0 aromatic carbocycles. The molecule has 2 amide bonds. The van der Waals surface area contributed by atoms with Crippen LogP contribution in [0.2, 0.25) is 0 Å². The molecular formula is C12H17N3O5. The Morgan fingerprint density at radius 2 is 2.20 bits per heavy atom. The Morgan fingerprint density at radius 1 is 1.50 bits per heavy atom. The molecule has 0 bridgehead atoms. The summed E-state index contributed by atoms with van der Waals surface area (Å²) in [7, 11) is 1.56. The van der Waals surface area contributed by atoms with Crippen LogP contribution < -0.4 is 5.32 Å². The van der Waals surface area contributed by atoms with Gasteiger partial charge in [0.2, 0.25) is 12.0 Å². The van der Waals surface area contributed by atoms with Crippen LogP contribution in [0.1, 0.15) is 19.8 Å². The summed E-state index contributed by atoms with van der Waals surface area (Å²) < 4.78 is 0. The van der Waals surface area contributed by atoms with Crippen molar-refractivity contribution in [3.63, 3.8) is 0 Å². The molecule has 8 nitrogen and oxygen atoms in total. The monoisotopic (exact) mass is 283 g/mol. The number of nitrogens with zero attached hydrogens (tertiary/aromatic N) is 2. The Morgan fingerprint density at radius 3 is 2.75 bits per heavy atom. The first-order valence-corrected chi connectivity index (χ1v) is 6.34. The van der Waals surface area contributed by atoms with E-state index >= 15 is 0 Å². The smallest absolute Gasteiger partial charge is 0.353 e. The summed E-state index contributed by atoms with van der Waals surface area (Å²) in [6.45, 7) is 2.55. The van der Waals surface area contributed by atoms with Crippen molar-refractivity contribution >= 4 is 23.5 Å². The minimum absolute atomic E-state index is 0.0403. The Kier molecular flexibility index (Phi) is 3.65. The summed E-state index contributed by atoms with van der Waals surface area (Å²) in [4.78, 5) is 41.1. The van der Waals surface area contributed by atoms with E-state index in [4.69, 9.17) is 9.94 Å². The molecule has 2 heterocycles. The molecule has 1 fully saturated rings. The van der Waals surface area contributed by atoms with Crippen molar-refractivity contribution in [3.05, 3.63) is 0 Å². The average Bonchev–Trinajstić information content (AvgIpc) is 3.04. The number of carboxylic acids is 1. The van der Waals surface area contributed by atoms with Crippen LogP contribution in [0.15, 0.2) is 5.16 Å². The number of carboxylic acid groups (broad SMARTS) is 1. The van der Waals surface area contributed by atoms with Gasteiger partial charge in [0.15, 0.2) is 5.71 Å². The summed E-state index contributed by atoms with van der Waals surface area (Å²) in [5, 5.41) is 14.8. The number of carbonyl (C=O) groups excluding carboxylic acids is 2. The van der Waals surface area contributed by atoms with E-state index in [1.807, 2.05) is 0 Å². The second-order valence-electron chi connectivity index (χ2n) is 5.29. The molecule has 0 aliphatic carbocycles. The van der Waals surface area contributed by atoms with E-state index in [0.717, 1.165) is 0 Å². The lowest BCUT2D eigenvalue weighted by molar-refractivity contribution is -0.141. The minimum atomic E-state index is -1.18. The van der Waals surface area contributed by atoms with E-state index in [0.29, 0.717) is 19.5 Å². The molecule has 20 heavy (non-hydrogen) atoms. The quantitative estimate of drug-likeness (QED) is 0.705. The van der Waals surface area contributed by atoms with Crippen molar-refractivity contribution < 1.29 is 24.3 Å². The highest BCUT2D eigenvalue weighted by Crippen LogP contribution is 2.31. The van der Waals surface area contributed by atoms with Gasteiger partial charge in [-0.1, -0.05) is 5.16 Å². The van der Waals surface area contributed by atoms with Crippen LogP contribution >= 0.6 is 0 Å². The molecule has 2 N–H and O–H groups in total. The molecule has 110 valence electrons. The fraction of sp³-hybridized carbons (Fsp3) is 0.667. The highest BCUT2D eigenvalue weighted by Gasteiger charge is 2.44. The van der Waals surface area contributed by atoms with Crippen molar-refractivity contribution in [3.8, 4) is 0 Å². The van der Waals surface area contributed by atoms with Crippen LogP contribution in [-0.4, -0.2) is 59.7 Å². The van der Waals surface area contributed by atoms with E-state index in [1.165, 1.54) is 4.90 Å². The van der Waals surface area contributed by atoms with Crippen molar-refractivity contribution in [2.45, 2.75) is 25.9 Å². The number of rotatable bonds is 3. The van der Waals surface area contributed by atoms with Crippen molar-refractivity contribution in [2.24, 2.45) is 10.6 Å². The molecular weight excluding hydrogens is 266 g/mol. The first kappa shape index (κ1) is 14.3. The Balaban J connectivity index is 1.96. The van der Waals surface area contributed by atoms with E-state index in [-0.39, 0.29) is 23.9 Å². The van der Waals surface area contributed by atoms with E-state index in [9.17, 15) is 14.4 Å². The van der Waals surface area contributed by atoms with Crippen LogP contribution in [0.25, 0.3) is 0 Å². The van der Waals surface area contributed by atoms with Gasteiger partial charge < -0.3 is 20.2 Å². The van der Waals surface area contributed by atoms with Crippen LogP contribution in [0, 0.1) is 5.41 Å². The average molecular weight is 283 g/mol. The van der Waals surface area contributed by atoms with Crippen LogP contribution in [0.4, 0.5) is 0 Å². The number of amides is 2. The Hall–Kier alpha value is -2.12. The SMILES string of the molecule is CNC(=O)C1(C)CCN(C(=O)C2CC(C(=O)O)=NO2)C1. The van der Waals surface area contributed by atoms with Gasteiger partial charge in [-0.3, -0.25) is 9.59 Å². The lowest BCUT2D eigenvalue weighted by atomic mass is 9.89. The standard InChI is InChI=1S/C12H17N3O5/c1-12(11(19)13-2)3-4-15(6-12)9(16)8-5-7(10(17)18)14-20-8/h8H,3-6H2,1-2H3,(H,13,19)(H,17,18). The minimum Gasteiger partial charge on any atom is -0.477 e.